The van der Waals surface area contributed by atoms with Crippen LogP contribution >= 0.6 is 11.3 Å². The molecular formula is C20H23N3OS. The van der Waals surface area contributed by atoms with Crippen molar-refractivity contribution in [1.29, 1.82) is 0 Å². The molecule has 0 atom stereocenters. The van der Waals surface area contributed by atoms with E-state index in [2.05, 4.69) is 53.2 Å². The van der Waals surface area contributed by atoms with E-state index < -0.39 is 0 Å². The zero-order chi connectivity index (χ0) is 17.8. The molecule has 5 heteroatoms. The fraction of sp³-hybridized carbons (Fsp3) is 0.400. The molecule has 1 aromatic heterocycles. The second-order valence-electron chi connectivity index (χ2n) is 6.60. The van der Waals surface area contributed by atoms with E-state index in [1.165, 1.54) is 22.5 Å². The first-order valence-electron chi connectivity index (χ1n) is 8.56. The number of rotatable bonds is 4. The van der Waals surface area contributed by atoms with Gasteiger partial charge in [-0.05, 0) is 45.3 Å². The highest BCUT2D eigenvalue weighted by atomic mass is 32.1. The Morgan fingerprint density at radius 3 is 2.84 bits per heavy atom. The molecule has 1 aliphatic rings. The molecule has 3 rings (SSSR count). The van der Waals surface area contributed by atoms with E-state index in [-0.39, 0.29) is 11.8 Å². The Morgan fingerprint density at radius 1 is 1.40 bits per heavy atom. The number of hydrogen-bond acceptors (Lipinski definition) is 4. The molecule has 1 aliphatic heterocycles. The fourth-order valence-corrected chi connectivity index (χ4v) is 3.96. The zero-order valence-electron chi connectivity index (χ0n) is 14.7. The smallest absolute Gasteiger partial charge is 0.229 e. The third-order valence-electron chi connectivity index (χ3n) is 4.67. The van der Waals surface area contributed by atoms with E-state index in [0.29, 0.717) is 11.7 Å². The lowest BCUT2D eigenvalue weighted by Gasteiger charge is -2.29. The van der Waals surface area contributed by atoms with Gasteiger partial charge in [0.2, 0.25) is 5.91 Å². The molecule has 25 heavy (non-hydrogen) atoms. The first-order valence-corrected chi connectivity index (χ1v) is 9.44. The van der Waals surface area contributed by atoms with E-state index in [0.717, 1.165) is 37.2 Å². The number of nitrogens with zero attached hydrogens (tertiary/aromatic N) is 2. The lowest BCUT2D eigenvalue weighted by Crippen LogP contribution is -2.38. The molecule has 2 heterocycles. The molecule has 0 radical (unpaired) electrons. The number of benzene rings is 1. The summed E-state index contributed by atoms with van der Waals surface area (Å²) in [6.07, 6.45) is 7.05. The molecular weight excluding hydrogens is 330 g/mol. The van der Waals surface area contributed by atoms with Gasteiger partial charge < -0.3 is 5.32 Å². The van der Waals surface area contributed by atoms with Crippen molar-refractivity contribution < 1.29 is 4.79 Å². The van der Waals surface area contributed by atoms with Crippen molar-refractivity contribution in [2.45, 2.75) is 26.7 Å². The van der Waals surface area contributed by atoms with Crippen LogP contribution in [0, 0.1) is 32.1 Å². The van der Waals surface area contributed by atoms with Gasteiger partial charge in [0.05, 0.1) is 12.2 Å². The highest BCUT2D eigenvalue weighted by Gasteiger charge is 2.25. The lowest BCUT2D eigenvalue weighted by molar-refractivity contribution is -0.121. The van der Waals surface area contributed by atoms with E-state index in [4.69, 9.17) is 6.42 Å². The topological polar surface area (TPSA) is 45.2 Å². The lowest BCUT2D eigenvalue weighted by atomic mass is 9.96. The number of terminal acetylenes is 1. The number of carbonyl (C=O) groups is 1. The van der Waals surface area contributed by atoms with Gasteiger partial charge in [0.25, 0.3) is 0 Å². The summed E-state index contributed by atoms with van der Waals surface area (Å²) >= 11 is 1.48. The van der Waals surface area contributed by atoms with Gasteiger partial charge in [-0.15, -0.1) is 17.8 Å². The average Bonchev–Trinajstić information content (AvgIpc) is 3.04. The maximum atomic E-state index is 12.5. The van der Waals surface area contributed by atoms with Crippen LogP contribution in [0.5, 0.6) is 0 Å². The van der Waals surface area contributed by atoms with Gasteiger partial charge in [-0.3, -0.25) is 9.69 Å². The predicted octanol–water partition coefficient (Wildman–Crippen LogP) is 3.71. The van der Waals surface area contributed by atoms with Crippen molar-refractivity contribution in [2.24, 2.45) is 5.92 Å². The van der Waals surface area contributed by atoms with Crippen LogP contribution in [0.4, 0.5) is 5.13 Å². The van der Waals surface area contributed by atoms with Crippen LogP contribution < -0.4 is 5.32 Å². The van der Waals surface area contributed by atoms with Crippen molar-refractivity contribution in [3.05, 3.63) is 34.7 Å². The largest absolute Gasteiger partial charge is 0.302 e. The molecule has 1 amide bonds. The molecule has 4 nitrogen and oxygen atoms in total. The minimum Gasteiger partial charge on any atom is -0.302 e. The highest BCUT2D eigenvalue weighted by Crippen LogP contribution is 2.28. The summed E-state index contributed by atoms with van der Waals surface area (Å²) < 4.78 is 0. The number of carbonyl (C=O) groups excluding carboxylic acids is 1. The van der Waals surface area contributed by atoms with Crippen LogP contribution in [0.3, 0.4) is 0 Å². The number of likely N-dealkylation sites (tertiary alicyclic amines) is 1. The Kier molecular flexibility index (Phi) is 5.52. The van der Waals surface area contributed by atoms with Crippen molar-refractivity contribution in [3.8, 4) is 23.6 Å². The minimum absolute atomic E-state index is 0.0440. The molecule has 0 aliphatic carbocycles. The zero-order valence-corrected chi connectivity index (χ0v) is 15.5. The number of piperidine rings is 1. The monoisotopic (exact) mass is 353 g/mol. The Bertz CT molecular complexity index is 798. The van der Waals surface area contributed by atoms with Crippen LogP contribution in [0.25, 0.3) is 11.3 Å². The van der Waals surface area contributed by atoms with Gasteiger partial charge in [-0.2, -0.15) is 0 Å². The Hall–Kier alpha value is -2.16. The summed E-state index contributed by atoms with van der Waals surface area (Å²) in [5, 5.41) is 5.66. The van der Waals surface area contributed by atoms with Gasteiger partial charge in [-0.1, -0.05) is 29.7 Å². The Morgan fingerprint density at radius 2 is 2.16 bits per heavy atom. The van der Waals surface area contributed by atoms with Crippen molar-refractivity contribution in [2.75, 3.05) is 25.0 Å². The van der Waals surface area contributed by atoms with Crippen LogP contribution in [0.2, 0.25) is 0 Å². The van der Waals surface area contributed by atoms with Crippen LogP contribution in [0.15, 0.2) is 23.6 Å². The molecule has 0 saturated carbocycles. The normalized spacial score (nSPS) is 15.7. The molecule has 0 bridgehead atoms. The van der Waals surface area contributed by atoms with Crippen LogP contribution in [-0.2, 0) is 4.79 Å². The first-order chi connectivity index (χ1) is 12.1. The molecule has 1 N–H and O–H groups in total. The molecule has 1 saturated heterocycles. The summed E-state index contributed by atoms with van der Waals surface area (Å²) in [5.41, 5.74) is 4.47. The van der Waals surface area contributed by atoms with Gasteiger partial charge >= 0.3 is 0 Å². The molecule has 1 aromatic carbocycles. The summed E-state index contributed by atoms with van der Waals surface area (Å²) in [6.45, 7) is 6.60. The average molecular weight is 353 g/mol. The highest BCUT2D eigenvalue weighted by molar-refractivity contribution is 7.14. The van der Waals surface area contributed by atoms with Gasteiger partial charge in [-0.25, -0.2) is 4.98 Å². The number of thiazole rings is 1. The molecule has 130 valence electrons. The Labute approximate surface area is 153 Å². The quantitative estimate of drug-likeness (QED) is 0.852. The molecule has 0 unspecified atom stereocenters. The summed E-state index contributed by atoms with van der Waals surface area (Å²) in [7, 11) is 0. The number of aromatic nitrogens is 1. The molecule has 2 aromatic rings. The van der Waals surface area contributed by atoms with Gasteiger partial charge in [0.15, 0.2) is 5.13 Å². The van der Waals surface area contributed by atoms with Crippen molar-refractivity contribution in [3.63, 3.8) is 0 Å². The predicted molar refractivity (Wildman–Crippen MR) is 104 cm³/mol. The second kappa shape index (κ2) is 7.81. The third-order valence-corrected chi connectivity index (χ3v) is 5.42. The van der Waals surface area contributed by atoms with Crippen LogP contribution in [-0.4, -0.2) is 35.4 Å². The van der Waals surface area contributed by atoms with Gasteiger partial charge in [0, 0.05) is 16.9 Å². The van der Waals surface area contributed by atoms with Crippen LogP contribution in [0.1, 0.15) is 24.0 Å². The SMILES string of the molecule is C#CCN1CCC(C(=O)Nc2nc(-c3ccc(C)cc3C)cs2)CC1. The van der Waals surface area contributed by atoms with Crippen molar-refractivity contribution in [1.82, 2.24) is 9.88 Å². The van der Waals surface area contributed by atoms with E-state index in [1.807, 2.05) is 5.38 Å². The van der Waals surface area contributed by atoms with E-state index in [9.17, 15) is 4.79 Å². The fourth-order valence-electron chi connectivity index (χ4n) is 3.25. The number of nitrogens with one attached hydrogen (secondary N) is 1. The maximum Gasteiger partial charge on any atom is 0.229 e. The van der Waals surface area contributed by atoms with E-state index in [1.54, 1.807) is 0 Å². The second-order valence-corrected chi connectivity index (χ2v) is 7.46. The third kappa shape index (κ3) is 4.28. The Balaban J connectivity index is 1.62. The summed E-state index contributed by atoms with van der Waals surface area (Å²) in [6, 6.07) is 6.33. The minimum atomic E-state index is 0.0440. The first kappa shape index (κ1) is 17.7. The van der Waals surface area contributed by atoms with E-state index >= 15 is 0 Å². The number of aryl methyl sites for hydroxylation is 2. The number of hydrogen-bond donors (Lipinski definition) is 1. The number of amides is 1. The van der Waals surface area contributed by atoms with Gasteiger partial charge in [0.1, 0.15) is 0 Å². The maximum absolute atomic E-state index is 12.5. The molecule has 1 fully saturated rings. The summed E-state index contributed by atoms with van der Waals surface area (Å²) in [5.74, 6) is 2.78. The van der Waals surface area contributed by atoms with Crippen molar-refractivity contribution >= 4 is 22.4 Å². The standard InChI is InChI=1S/C20H23N3OS/c1-4-9-23-10-7-16(8-11-23)19(24)22-20-21-18(13-25-20)17-6-5-14(2)12-15(17)3/h1,5-6,12-13,16H,7-11H2,2-3H3,(H,21,22,24). The number of anilines is 1. The summed E-state index contributed by atoms with van der Waals surface area (Å²) in [4.78, 5) is 19.3. The molecule has 0 spiro atoms.